The Morgan fingerprint density at radius 1 is 1.40 bits per heavy atom. The van der Waals surface area contributed by atoms with Gasteiger partial charge in [0.05, 0.1) is 10.0 Å². The van der Waals surface area contributed by atoms with Crippen molar-refractivity contribution in [2.24, 2.45) is 11.1 Å². The first kappa shape index (κ1) is 12.8. The molecule has 84 valence electrons. The number of aliphatic hydroxyl groups excluding tert-OH is 1. The molecule has 0 heterocycles. The van der Waals surface area contributed by atoms with Crippen LogP contribution < -0.4 is 5.73 Å². The van der Waals surface area contributed by atoms with Gasteiger partial charge < -0.3 is 10.8 Å². The summed E-state index contributed by atoms with van der Waals surface area (Å²) in [5, 5.41) is 10.2. The smallest absolute Gasteiger partial charge is 0.0640 e. The molecule has 0 fully saturated rings. The van der Waals surface area contributed by atoms with Crippen LogP contribution in [0.1, 0.15) is 25.5 Å². The number of nitrogens with two attached hydrogens (primary N) is 1. The lowest BCUT2D eigenvalue weighted by Crippen LogP contribution is -2.32. The van der Waals surface area contributed by atoms with Crippen LogP contribution in [0.5, 0.6) is 0 Å². The second-order valence-electron chi connectivity index (χ2n) is 4.27. The van der Waals surface area contributed by atoms with Crippen molar-refractivity contribution >= 4 is 23.2 Å². The highest BCUT2D eigenvalue weighted by molar-refractivity contribution is 6.42. The van der Waals surface area contributed by atoms with E-state index in [1.54, 1.807) is 12.1 Å². The summed E-state index contributed by atoms with van der Waals surface area (Å²) < 4.78 is 0. The molecule has 4 heteroatoms. The molecule has 0 bridgehead atoms. The van der Waals surface area contributed by atoms with Crippen LogP contribution in [0.15, 0.2) is 18.2 Å². The highest BCUT2D eigenvalue weighted by Gasteiger charge is 2.28. The van der Waals surface area contributed by atoms with Crippen molar-refractivity contribution in [2.45, 2.75) is 19.9 Å². The maximum atomic E-state index is 9.23. The molecule has 1 atom stereocenters. The molecule has 0 aliphatic carbocycles. The summed E-state index contributed by atoms with van der Waals surface area (Å²) in [5.41, 5.74) is 6.39. The Hall–Kier alpha value is -0.280. The van der Waals surface area contributed by atoms with Gasteiger partial charge >= 0.3 is 0 Å². The Morgan fingerprint density at radius 3 is 2.53 bits per heavy atom. The fraction of sp³-hybridized carbons (Fsp3) is 0.455. The molecule has 0 saturated carbocycles. The van der Waals surface area contributed by atoms with Crippen LogP contribution in [0, 0.1) is 5.41 Å². The van der Waals surface area contributed by atoms with Crippen molar-refractivity contribution < 1.29 is 5.11 Å². The second-order valence-corrected chi connectivity index (χ2v) is 5.05. The number of hydrogen-bond donors (Lipinski definition) is 2. The topological polar surface area (TPSA) is 46.2 Å². The van der Waals surface area contributed by atoms with E-state index in [-0.39, 0.29) is 12.6 Å². The second kappa shape index (κ2) is 4.71. The Kier molecular flexibility index (Phi) is 4.01. The summed E-state index contributed by atoms with van der Waals surface area (Å²) >= 11 is 12.0. The van der Waals surface area contributed by atoms with E-state index in [4.69, 9.17) is 28.9 Å². The van der Waals surface area contributed by atoms with Crippen LogP contribution in [-0.2, 0) is 0 Å². The van der Waals surface area contributed by atoms with E-state index in [9.17, 15) is 5.11 Å². The molecule has 1 aromatic rings. The minimum absolute atomic E-state index is 0.00297. The molecule has 1 aromatic carbocycles. The third kappa shape index (κ3) is 2.64. The van der Waals surface area contributed by atoms with E-state index in [2.05, 4.69) is 0 Å². The van der Waals surface area contributed by atoms with Gasteiger partial charge in [-0.05, 0) is 11.6 Å². The monoisotopic (exact) mass is 247 g/mol. The molecule has 0 amide bonds. The van der Waals surface area contributed by atoms with E-state index < -0.39 is 5.41 Å². The van der Waals surface area contributed by atoms with E-state index in [0.29, 0.717) is 10.0 Å². The highest BCUT2D eigenvalue weighted by atomic mass is 35.5. The van der Waals surface area contributed by atoms with E-state index in [1.165, 1.54) is 0 Å². The molecule has 0 aliphatic rings. The van der Waals surface area contributed by atoms with Gasteiger partial charge in [-0.1, -0.05) is 49.2 Å². The lowest BCUT2D eigenvalue weighted by atomic mass is 9.82. The van der Waals surface area contributed by atoms with Crippen molar-refractivity contribution in [2.75, 3.05) is 6.61 Å². The zero-order valence-electron chi connectivity index (χ0n) is 8.80. The average molecular weight is 248 g/mol. The Labute approximate surface area is 100.0 Å². The molecule has 0 aromatic heterocycles. The minimum atomic E-state index is -0.422. The first-order chi connectivity index (χ1) is 6.90. The lowest BCUT2D eigenvalue weighted by molar-refractivity contribution is 0.132. The van der Waals surface area contributed by atoms with Gasteiger partial charge in [-0.3, -0.25) is 0 Å². The van der Waals surface area contributed by atoms with Crippen molar-refractivity contribution in [1.82, 2.24) is 0 Å². The van der Waals surface area contributed by atoms with Gasteiger partial charge in [0.2, 0.25) is 0 Å². The molecule has 0 aliphatic heterocycles. The zero-order valence-corrected chi connectivity index (χ0v) is 10.3. The summed E-state index contributed by atoms with van der Waals surface area (Å²) in [6.07, 6.45) is 0. The fourth-order valence-electron chi connectivity index (χ4n) is 1.28. The van der Waals surface area contributed by atoms with Crippen molar-refractivity contribution in [1.29, 1.82) is 0 Å². The molecule has 3 N–H and O–H groups in total. The predicted molar refractivity (Wildman–Crippen MR) is 64.3 cm³/mol. The zero-order chi connectivity index (χ0) is 11.6. The SMILES string of the molecule is CC(C)(CO)[C@@H](N)c1cccc(Cl)c1Cl. The first-order valence-corrected chi connectivity index (χ1v) is 5.46. The number of benzene rings is 1. The predicted octanol–water partition coefficient (Wildman–Crippen LogP) is 3.01. The van der Waals surface area contributed by atoms with Crippen molar-refractivity contribution in [3.63, 3.8) is 0 Å². The largest absolute Gasteiger partial charge is 0.396 e. The van der Waals surface area contributed by atoms with Crippen LogP contribution in [-0.4, -0.2) is 11.7 Å². The Bertz CT molecular complexity index is 352. The number of halogens is 2. The van der Waals surface area contributed by atoms with Gasteiger partial charge in [0.25, 0.3) is 0 Å². The molecule has 2 nitrogen and oxygen atoms in total. The van der Waals surface area contributed by atoms with Gasteiger partial charge in [-0.2, -0.15) is 0 Å². The summed E-state index contributed by atoms with van der Waals surface area (Å²) in [6, 6.07) is 5.01. The number of hydrogen-bond acceptors (Lipinski definition) is 2. The van der Waals surface area contributed by atoms with Crippen LogP contribution in [0.3, 0.4) is 0 Å². The molecule has 0 unspecified atom stereocenters. The molecule has 1 rings (SSSR count). The molecule has 0 radical (unpaired) electrons. The van der Waals surface area contributed by atoms with Crippen LogP contribution in [0.4, 0.5) is 0 Å². The van der Waals surface area contributed by atoms with Gasteiger partial charge in [-0.25, -0.2) is 0 Å². The molecule has 0 saturated heterocycles. The third-order valence-corrected chi connectivity index (χ3v) is 3.40. The highest BCUT2D eigenvalue weighted by Crippen LogP contribution is 2.37. The average Bonchev–Trinajstić information content (AvgIpc) is 2.21. The van der Waals surface area contributed by atoms with Crippen LogP contribution >= 0.6 is 23.2 Å². The normalized spacial score (nSPS) is 14.0. The van der Waals surface area contributed by atoms with Crippen molar-refractivity contribution in [3.8, 4) is 0 Å². The Balaban J connectivity index is 3.12. The summed E-state index contributed by atoms with van der Waals surface area (Å²) in [7, 11) is 0. The maximum Gasteiger partial charge on any atom is 0.0640 e. The minimum Gasteiger partial charge on any atom is -0.396 e. The standard InChI is InChI=1S/C11H15Cl2NO/c1-11(2,6-15)10(14)7-4-3-5-8(12)9(7)13/h3-5,10,15H,6,14H2,1-2H3/t10-/m0/s1. The van der Waals surface area contributed by atoms with Crippen molar-refractivity contribution in [3.05, 3.63) is 33.8 Å². The molecular weight excluding hydrogens is 233 g/mol. The molecule has 0 spiro atoms. The third-order valence-electron chi connectivity index (χ3n) is 2.57. The quantitative estimate of drug-likeness (QED) is 0.863. The van der Waals surface area contributed by atoms with Crippen LogP contribution in [0.2, 0.25) is 10.0 Å². The summed E-state index contributed by atoms with van der Waals surface area (Å²) in [6.45, 7) is 3.76. The Morgan fingerprint density at radius 2 is 2.00 bits per heavy atom. The summed E-state index contributed by atoms with van der Waals surface area (Å²) in [4.78, 5) is 0. The first-order valence-electron chi connectivity index (χ1n) is 4.70. The lowest BCUT2D eigenvalue weighted by Gasteiger charge is -2.30. The number of aliphatic hydroxyl groups is 1. The van der Waals surface area contributed by atoms with E-state index >= 15 is 0 Å². The van der Waals surface area contributed by atoms with Gasteiger partial charge in [-0.15, -0.1) is 0 Å². The molecule has 15 heavy (non-hydrogen) atoms. The van der Waals surface area contributed by atoms with Crippen LogP contribution in [0.25, 0.3) is 0 Å². The number of rotatable bonds is 3. The van der Waals surface area contributed by atoms with E-state index in [1.807, 2.05) is 19.9 Å². The summed E-state index contributed by atoms with van der Waals surface area (Å²) in [5.74, 6) is 0. The van der Waals surface area contributed by atoms with Gasteiger partial charge in [0.1, 0.15) is 0 Å². The fourth-order valence-corrected chi connectivity index (χ4v) is 1.71. The van der Waals surface area contributed by atoms with Gasteiger partial charge in [0.15, 0.2) is 0 Å². The molecular formula is C11H15Cl2NO. The maximum absolute atomic E-state index is 9.23. The van der Waals surface area contributed by atoms with E-state index in [0.717, 1.165) is 5.56 Å². The van der Waals surface area contributed by atoms with Gasteiger partial charge in [0, 0.05) is 18.1 Å².